The molecular weight excluding hydrogens is 440 g/mol. The minimum Gasteiger partial charge on any atom is -0.494 e. The van der Waals surface area contributed by atoms with E-state index < -0.39 is 0 Å². The average molecular weight is 471 g/mol. The Bertz CT molecular complexity index is 1020. The largest absolute Gasteiger partial charge is 0.494 e. The number of amides is 3. The molecule has 4 saturated carbocycles. The third-order valence-corrected chi connectivity index (χ3v) is 8.15. The molecule has 4 fully saturated rings. The van der Waals surface area contributed by atoms with E-state index in [0.29, 0.717) is 16.7 Å². The number of hydrogen-bond acceptors (Lipinski definition) is 7. The van der Waals surface area contributed by atoms with Gasteiger partial charge in [0.05, 0.1) is 7.11 Å². The molecule has 4 aliphatic carbocycles. The normalized spacial score (nSPS) is 27.4. The molecule has 0 saturated heterocycles. The summed E-state index contributed by atoms with van der Waals surface area (Å²) in [6.45, 7) is 1.99. The molecule has 2 N–H and O–H groups in total. The van der Waals surface area contributed by atoms with Gasteiger partial charge in [-0.15, -0.1) is 5.10 Å². The van der Waals surface area contributed by atoms with Gasteiger partial charge in [-0.25, -0.2) is 4.79 Å². The van der Waals surface area contributed by atoms with Gasteiger partial charge in [0.1, 0.15) is 11.4 Å². The molecule has 6 rings (SSSR count). The summed E-state index contributed by atoms with van der Waals surface area (Å²) in [6.07, 6.45) is 7.30. The number of imide groups is 1. The summed E-state index contributed by atoms with van der Waals surface area (Å²) in [6, 6.07) is 5.41. The monoisotopic (exact) mass is 470 g/mol. The number of benzene rings is 1. The van der Waals surface area contributed by atoms with Gasteiger partial charge in [0, 0.05) is 17.7 Å². The Morgan fingerprint density at radius 3 is 2.55 bits per heavy atom. The van der Waals surface area contributed by atoms with Crippen LogP contribution in [0, 0.1) is 24.7 Å². The molecule has 0 spiro atoms. The predicted molar refractivity (Wildman–Crippen MR) is 123 cm³/mol. The van der Waals surface area contributed by atoms with E-state index in [9.17, 15) is 9.59 Å². The number of aromatic nitrogens is 4. The Hall–Kier alpha value is -2.62. The molecule has 176 valence electrons. The summed E-state index contributed by atoms with van der Waals surface area (Å²) in [7, 11) is 1.60. The zero-order chi connectivity index (χ0) is 23.0. The van der Waals surface area contributed by atoms with E-state index in [1.807, 2.05) is 25.1 Å². The van der Waals surface area contributed by atoms with Crippen molar-refractivity contribution in [3.8, 4) is 11.4 Å². The van der Waals surface area contributed by atoms with Gasteiger partial charge in [0.2, 0.25) is 11.1 Å². The van der Waals surface area contributed by atoms with Crippen molar-refractivity contribution in [3.05, 3.63) is 23.8 Å². The lowest BCUT2D eigenvalue weighted by atomic mass is 9.53. The summed E-state index contributed by atoms with van der Waals surface area (Å²) >= 11 is 1.36. The van der Waals surface area contributed by atoms with E-state index in [1.54, 1.807) is 11.8 Å². The number of tetrazole rings is 1. The first-order chi connectivity index (χ1) is 15.9. The topological polar surface area (TPSA) is 111 Å². The van der Waals surface area contributed by atoms with Gasteiger partial charge < -0.3 is 10.1 Å². The number of rotatable bonds is 7. The third-order valence-electron chi connectivity index (χ3n) is 7.23. The fraction of sp³-hybridized carbons (Fsp3) is 0.609. The molecule has 1 heterocycles. The van der Waals surface area contributed by atoms with Crippen molar-refractivity contribution in [2.24, 2.45) is 17.8 Å². The average Bonchev–Trinajstić information content (AvgIpc) is 3.20. The van der Waals surface area contributed by atoms with Gasteiger partial charge in [-0.2, -0.15) is 4.68 Å². The van der Waals surface area contributed by atoms with E-state index in [4.69, 9.17) is 4.74 Å². The predicted octanol–water partition coefficient (Wildman–Crippen LogP) is 3.26. The van der Waals surface area contributed by atoms with E-state index >= 15 is 0 Å². The van der Waals surface area contributed by atoms with Crippen molar-refractivity contribution >= 4 is 23.7 Å². The Balaban J connectivity index is 1.13. The molecule has 0 radical (unpaired) electrons. The highest BCUT2D eigenvalue weighted by atomic mass is 32.2. The molecule has 9 nitrogen and oxygen atoms in total. The van der Waals surface area contributed by atoms with E-state index in [1.165, 1.54) is 31.0 Å². The van der Waals surface area contributed by atoms with Gasteiger partial charge in [-0.1, -0.05) is 17.8 Å². The summed E-state index contributed by atoms with van der Waals surface area (Å²) < 4.78 is 7.04. The quantitative estimate of drug-likeness (QED) is 0.598. The second-order valence-electron chi connectivity index (χ2n) is 9.85. The fourth-order valence-corrected chi connectivity index (χ4v) is 7.17. The lowest BCUT2D eigenvalue weighted by Crippen LogP contribution is -2.61. The van der Waals surface area contributed by atoms with Crippen molar-refractivity contribution in [1.29, 1.82) is 0 Å². The molecule has 10 heteroatoms. The highest BCUT2D eigenvalue weighted by Gasteiger charge is 2.51. The van der Waals surface area contributed by atoms with Crippen molar-refractivity contribution < 1.29 is 14.3 Å². The maximum absolute atomic E-state index is 12.6. The number of carbonyl (C=O) groups excluding carboxylic acids is 2. The molecule has 3 amide bonds. The minimum absolute atomic E-state index is 0.108. The van der Waals surface area contributed by atoms with Crippen LogP contribution in [0.3, 0.4) is 0 Å². The summed E-state index contributed by atoms with van der Waals surface area (Å²) in [5, 5.41) is 18.2. The Morgan fingerprint density at radius 2 is 1.88 bits per heavy atom. The lowest BCUT2D eigenvalue weighted by molar-refractivity contribution is -0.119. The Labute approximate surface area is 197 Å². The van der Waals surface area contributed by atoms with E-state index in [0.717, 1.165) is 48.3 Å². The summed E-state index contributed by atoms with van der Waals surface area (Å²) in [5.74, 6) is 3.03. The SMILES string of the molecule is COc1ccc(C)cc1-n1nnnc1SCCC(=O)NC(=O)NC12CC3CC(CC(C3)C1)C2. The van der Waals surface area contributed by atoms with Crippen LogP contribution in [0.15, 0.2) is 23.4 Å². The molecule has 1 aromatic carbocycles. The molecule has 4 aliphatic rings. The van der Waals surface area contributed by atoms with Crippen LogP contribution in [0.4, 0.5) is 4.79 Å². The fourth-order valence-electron chi connectivity index (χ4n) is 6.35. The highest BCUT2D eigenvalue weighted by Crippen LogP contribution is 2.55. The molecule has 0 aliphatic heterocycles. The first kappa shape index (κ1) is 22.2. The van der Waals surface area contributed by atoms with Gasteiger partial charge in [-0.3, -0.25) is 10.1 Å². The van der Waals surface area contributed by atoms with Crippen LogP contribution >= 0.6 is 11.8 Å². The first-order valence-electron chi connectivity index (χ1n) is 11.6. The minimum atomic E-state index is -0.360. The molecule has 33 heavy (non-hydrogen) atoms. The van der Waals surface area contributed by atoms with Crippen LogP contribution in [0.25, 0.3) is 5.69 Å². The van der Waals surface area contributed by atoms with E-state index in [-0.39, 0.29) is 23.9 Å². The first-order valence-corrected chi connectivity index (χ1v) is 12.6. The number of aryl methyl sites for hydroxylation is 1. The third kappa shape index (κ3) is 4.71. The number of nitrogens with zero attached hydrogens (tertiary/aromatic N) is 4. The number of ether oxygens (including phenoxy) is 1. The van der Waals surface area contributed by atoms with Crippen molar-refractivity contribution in [2.75, 3.05) is 12.9 Å². The zero-order valence-electron chi connectivity index (χ0n) is 19.0. The van der Waals surface area contributed by atoms with Crippen LogP contribution in [-0.4, -0.2) is 50.5 Å². The number of urea groups is 1. The number of hydrogen-bond donors (Lipinski definition) is 2. The van der Waals surface area contributed by atoms with Gasteiger partial charge in [0.25, 0.3) is 0 Å². The molecule has 0 atom stereocenters. The second-order valence-corrected chi connectivity index (χ2v) is 10.9. The van der Waals surface area contributed by atoms with E-state index in [2.05, 4.69) is 26.2 Å². The maximum atomic E-state index is 12.6. The van der Waals surface area contributed by atoms with Gasteiger partial charge in [0.15, 0.2) is 0 Å². The van der Waals surface area contributed by atoms with Crippen molar-refractivity contribution in [2.45, 2.75) is 62.6 Å². The molecule has 0 unspecified atom stereocenters. The van der Waals surface area contributed by atoms with Crippen molar-refractivity contribution in [1.82, 2.24) is 30.8 Å². The van der Waals surface area contributed by atoms with Crippen LogP contribution in [0.2, 0.25) is 0 Å². The number of carbonyl (C=O) groups is 2. The summed E-state index contributed by atoms with van der Waals surface area (Å²) in [5.41, 5.74) is 1.69. The Kier molecular flexibility index (Phi) is 6.03. The molecule has 4 bridgehead atoms. The highest BCUT2D eigenvalue weighted by molar-refractivity contribution is 7.99. The Morgan fingerprint density at radius 1 is 1.18 bits per heavy atom. The number of thioether (sulfide) groups is 1. The maximum Gasteiger partial charge on any atom is 0.321 e. The summed E-state index contributed by atoms with van der Waals surface area (Å²) in [4.78, 5) is 25.0. The zero-order valence-corrected chi connectivity index (χ0v) is 19.9. The van der Waals surface area contributed by atoms with Crippen LogP contribution in [0.5, 0.6) is 5.75 Å². The van der Waals surface area contributed by atoms with Crippen LogP contribution in [0.1, 0.15) is 50.5 Å². The number of methoxy groups -OCH3 is 1. The van der Waals surface area contributed by atoms with Gasteiger partial charge >= 0.3 is 6.03 Å². The van der Waals surface area contributed by atoms with Crippen LogP contribution in [-0.2, 0) is 4.79 Å². The molecular formula is C23H30N6O3S. The molecule has 1 aromatic heterocycles. The van der Waals surface area contributed by atoms with Crippen molar-refractivity contribution in [3.63, 3.8) is 0 Å². The lowest BCUT2D eigenvalue weighted by Gasteiger charge is -2.56. The smallest absolute Gasteiger partial charge is 0.321 e. The standard InChI is InChI=1S/C23H30N6O3S/c1-14-3-4-19(32-2)18(7-14)29-22(26-27-28-29)33-6-5-20(30)24-21(31)25-23-11-15-8-16(12-23)10-17(9-15)13-23/h3-4,7,15-17H,5-6,8-13H2,1-2H3,(H2,24,25,30,31). The van der Waals surface area contributed by atoms with Crippen LogP contribution < -0.4 is 15.4 Å². The number of nitrogens with one attached hydrogen (secondary N) is 2. The van der Waals surface area contributed by atoms with Gasteiger partial charge in [-0.05, 0) is 91.3 Å². The second kappa shape index (κ2) is 8.96. The molecule has 2 aromatic rings.